The normalized spacial score (nSPS) is 12.4. The number of amides is 2. The Kier molecular flexibility index (Phi) is 8.26. The fraction of sp³-hybridized carbons (Fsp3) is 0.462. The zero-order valence-electron chi connectivity index (χ0n) is 19.9. The Morgan fingerprint density at radius 2 is 1.61 bits per heavy atom. The van der Waals surface area contributed by atoms with Crippen molar-refractivity contribution in [1.82, 2.24) is 10.2 Å². The monoisotopic (exact) mass is 424 g/mol. The van der Waals surface area contributed by atoms with E-state index in [1.165, 1.54) is 0 Å². The van der Waals surface area contributed by atoms with Crippen molar-refractivity contribution in [2.75, 3.05) is 6.61 Å². The second kappa shape index (κ2) is 10.5. The summed E-state index contributed by atoms with van der Waals surface area (Å²) in [5.41, 5.74) is 3.02. The molecule has 0 saturated carbocycles. The van der Waals surface area contributed by atoms with Crippen LogP contribution in [0.4, 0.5) is 0 Å². The molecule has 2 rings (SSSR count). The number of nitrogens with zero attached hydrogens (tertiary/aromatic N) is 1. The van der Waals surface area contributed by atoms with Crippen LogP contribution >= 0.6 is 0 Å². The number of carbonyl (C=O) groups excluding carboxylic acids is 2. The van der Waals surface area contributed by atoms with Gasteiger partial charge in [-0.05, 0) is 55.9 Å². The molecule has 1 atom stereocenters. The van der Waals surface area contributed by atoms with Gasteiger partial charge >= 0.3 is 0 Å². The van der Waals surface area contributed by atoms with Crippen LogP contribution < -0.4 is 10.1 Å². The molecule has 0 radical (unpaired) electrons. The first-order valence-electron chi connectivity index (χ1n) is 10.9. The standard InChI is InChI=1S/C26H36N2O3/c1-18(2)27-25(30)20(4)28(16-21-13-9-8-12-19(21)3)24(29)17-31-23-15-11-10-14-22(23)26(5,6)7/h8-15,18,20H,16-17H2,1-7H3,(H,27,30). The van der Waals surface area contributed by atoms with E-state index in [4.69, 9.17) is 4.74 Å². The first-order valence-corrected chi connectivity index (χ1v) is 10.9. The topological polar surface area (TPSA) is 58.6 Å². The average Bonchev–Trinajstić information content (AvgIpc) is 2.70. The second-order valence-corrected chi connectivity index (χ2v) is 9.32. The molecule has 2 amide bonds. The van der Waals surface area contributed by atoms with Gasteiger partial charge in [-0.15, -0.1) is 0 Å². The van der Waals surface area contributed by atoms with Gasteiger partial charge in [0.25, 0.3) is 5.91 Å². The van der Waals surface area contributed by atoms with Gasteiger partial charge in [-0.2, -0.15) is 0 Å². The molecule has 1 N–H and O–H groups in total. The largest absolute Gasteiger partial charge is 0.483 e. The van der Waals surface area contributed by atoms with Crippen LogP contribution in [0.3, 0.4) is 0 Å². The van der Waals surface area contributed by atoms with Gasteiger partial charge in [0, 0.05) is 12.6 Å². The van der Waals surface area contributed by atoms with Gasteiger partial charge < -0.3 is 15.0 Å². The number of aryl methyl sites for hydroxylation is 1. The number of carbonyl (C=O) groups is 2. The van der Waals surface area contributed by atoms with Crippen LogP contribution in [0.5, 0.6) is 5.75 Å². The number of rotatable bonds is 8. The number of nitrogens with one attached hydrogen (secondary N) is 1. The third kappa shape index (κ3) is 6.84. The molecule has 2 aromatic carbocycles. The SMILES string of the molecule is Cc1ccccc1CN(C(=O)COc1ccccc1C(C)(C)C)C(C)C(=O)NC(C)C. The van der Waals surface area contributed by atoms with Gasteiger partial charge in [-0.3, -0.25) is 9.59 Å². The van der Waals surface area contributed by atoms with Crippen molar-refractivity contribution in [3.63, 3.8) is 0 Å². The number of benzene rings is 2. The highest BCUT2D eigenvalue weighted by Gasteiger charge is 2.28. The minimum atomic E-state index is -0.615. The van der Waals surface area contributed by atoms with Gasteiger partial charge in [0.15, 0.2) is 6.61 Å². The number of hydrogen-bond acceptors (Lipinski definition) is 3. The number of para-hydroxylation sites is 1. The molecule has 168 valence electrons. The Hall–Kier alpha value is -2.82. The minimum absolute atomic E-state index is 0.000256. The van der Waals surface area contributed by atoms with Crippen molar-refractivity contribution in [3.05, 3.63) is 65.2 Å². The Morgan fingerprint density at radius 3 is 2.23 bits per heavy atom. The second-order valence-electron chi connectivity index (χ2n) is 9.32. The third-order valence-corrected chi connectivity index (χ3v) is 5.25. The molecule has 0 aliphatic carbocycles. The lowest BCUT2D eigenvalue weighted by molar-refractivity contribution is -0.142. The molecule has 0 bridgehead atoms. The summed E-state index contributed by atoms with van der Waals surface area (Å²) < 4.78 is 5.96. The van der Waals surface area contributed by atoms with Crippen LogP contribution in [-0.4, -0.2) is 35.4 Å². The Morgan fingerprint density at radius 1 is 1.00 bits per heavy atom. The molecule has 5 heteroatoms. The molecule has 31 heavy (non-hydrogen) atoms. The van der Waals surface area contributed by atoms with Crippen LogP contribution in [0.25, 0.3) is 0 Å². The van der Waals surface area contributed by atoms with Crippen LogP contribution in [0.1, 0.15) is 58.2 Å². The van der Waals surface area contributed by atoms with E-state index >= 15 is 0 Å². The smallest absolute Gasteiger partial charge is 0.261 e. The zero-order chi connectivity index (χ0) is 23.2. The van der Waals surface area contributed by atoms with Gasteiger partial charge in [0.1, 0.15) is 11.8 Å². The zero-order valence-corrected chi connectivity index (χ0v) is 19.9. The molecule has 0 heterocycles. The van der Waals surface area contributed by atoms with Crippen molar-refractivity contribution >= 4 is 11.8 Å². The van der Waals surface area contributed by atoms with E-state index < -0.39 is 6.04 Å². The van der Waals surface area contributed by atoms with E-state index in [1.807, 2.05) is 69.3 Å². The Labute approximate surface area is 186 Å². The molecular formula is C26H36N2O3. The van der Waals surface area contributed by atoms with Crippen molar-refractivity contribution in [2.45, 2.75) is 72.5 Å². The van der Waals surface area contributed by atoms with Crippen molar-refractivity contribution in [3.8, 4) is 5.75 Å². The lowest BCUT2D eigenvalue weighted by atomic mass is 9.86. The first-order chi connectivity index (χ1) is 14.5. The summed E-state index contributed by atoms with van der Waals surface area (Å²) in [4.78, 5) is 27.5. The van der Waals surface area contributed by atoms with E-state index in [0.717, 1.165) is 16.7 Å². The maximum atomic E-state index is 13.2. The molecule has 2 aromatic rings. The fourth-order valence-electron chi connectivity index (χ4n) is 3.39. The lowest BCUT2D eigenvalue weighted by Crippen LogP contribution is -2.50. The van der Waals surface area contributed by atoms with Gasteiger partial charge in [-0.1, -0.05) is 63.2 Å². The maximum Gasteiger partial charge on any atom is 0.261 e. The van der Waals surface area contributed by atoms with E-state index in [1.54, 1.807) is 11.8 Å². The van der Waals surface area contributed by atoms with E-state index in [-0.39, 0.29) is 29.9 Å². The third-order valence-electron chi connectivity index (χ3n) is 5.25. The van der Waals surface area contributed by atoms with Crippen LogP contribution in [-0.2, 0) is 21.5 Å². The minimum Gasteiger partial charge on any atom is -0.483 e. The summed E-state index contributed by atoms with van der Waals surface area (Å²) in [6.07, 6.45) is 0. The summed E-state index contributed by atoms with van der Waals surface area (Å²) in [7, 11) is 0. The van der Waals surface area contributed by atoms with E-state index in [9.17, 15) is 9.59 Å². The summed E-state index contributed by atoms with van der Waals surface area (Å²) in [6, 6.07) is 15.1. The Balaban J connectivity index is 2.24. The van der Waals surface area contributed by atoms with Crippen LogP contribution in [0, 0.1) is 6.92 Å². The summed E-state index contributed by atoms with van der Waals surface area (Å²) in [5.74, 6) is 0.295. The molecule has 0 aliphatic heterocycles. The molecule has 5 nitrogen and oxygen atoms in total. The first kappa shape index (κ1) is 24.4. The molecular weight excluding hydrogens is 388 g/mol. The summed E-state index contributed by atoms with van der Waals surface area (Å²) >= 11 is 0. The predicted molar refractivity (Wildman–Crippen MR) is 125 cm³/mol. The van der Waals surface area contributed by atoms with Gasteiger partial charge in [-0.25, -0.2) is 0 Å². The fourth-order valence-corrected chi connectivity index (χ4v) is 3.39. The summed E-state index contributed by atoms with van der Waals surface area (Å²) in [6.45, 7) is 14.1. The highest BCUT2D eigenvalue weighted by molar-refractivity contribution is 5.88. The molecule has 0 spiro atoms. The molecule has 1 unspecified atom stereocenters. The maximum absolute atomic E-state index is 13.2. The van der Waals surface area contributed by atoms with Crippen molar-refractivity contribution in [1.29, 1.82) is 0 Å². The number of ether oxygens (including phenoxy) is 1. The van der Waals surface area contributed by atoms with E-state index in [2.05, 4.69) is 26.1 Å². The van der Waals surface area contributed by atoms with Gasteiger partial charge in [0.2, 0.25) is 5.91 Å². The van der Waals surface area contributed by atoms with E-state index in [0.29, 0.717) is 12.3 Å². The van der Waals surface area contributed by atoms with Crippen LogP contribution in [0.15, 0.2) is 48.5 Å². The number of hydrogen-bond donors (Lipinski definition) is 1. The molecule has 0 saturated heterocycles. The highest BCUT2D eigenvalue weighted by Crippen LogP contribution is 2.31. The molecule has 0 aliphatic rings. The Bertz CT molecular complexity index is 900. The molecule has 0 fully saturated rings. The quantitative estimate of drug-likeness (QED) is 0.673. The van der Waals surface area contributed by atoms with Crippen molar-refractivity contribution < 1.29 is 14.3 Å². The highest BCUT2D eigenvalue weighted by atomic mass is 16.5. The predicted octanol–water partition coefficient (Wildman–Crippen LogP) is 4.61. The lowest BCUT2D eigenvalue weighted by Gasteiger charge is -2.30. The van der Waals surface area contributed by atoms with Gasteiger partial charge in [0.05, 0.1) is 0 Å². The van der Waals surface area contributed by atoms with Crippen LogP contribution in [0.2, 0.25) is 0 Å². The average molecular weight is 425 g/mol. The molecule has 0 aromatic heterocycles. The van der Waals surface area contributed by atoms with Crippen molar-refractivity contribution in [2.24, 2.45) is 0 Å². The summed E-state index contributed by atoms with van der Waals surface area (Å²) in [5, 5.41) is 2.91.